The van der Waals surface area contributed by atoms with Crippen LogP contribution in [0.4, 0.5) is 0 Å². The Labute approximate surface area is 119 Å². The first kappa shape index (κ1) is 15.3. The highest BCUT2D eigenvalue weighted by atomic mass is 16.4. The molecule has 1 amide bonds. The molecule has 0 spiro atoms. The Morgan fingerprint density at radius 3 is 2.30 bits per heavy atom. The molecule has 3 N–H and O–H groups in total. The molecule has 20 heavy (non-hydrogen) atoms. The number of amides is 1. The summed E-state index contributed by atoms with van der Waals surface area (Å²) in [6, 6.07) is 0. The van der Waals surface area contributed by atoms with Crippen molar-refractivity contribution < 1.29 is 19.8 Å². The summed E-state index contributed by atoms with van der Waals surface area (Å²) in [5.41, 5.74) is -0.771. The molecule has 2 aliphatic rings. The molecule has 2 rings (SSSR count). The summed E-state index contributed by atoms with van der Waals surface area (Å²) in [5.74, 6) is -0.843. The summed E-state index contributed by atoms with van der Waals surface area (Å²) in [6.45, 7) is 2.48. The van der Waals surface area contributed by atoms with E-state index in [0.717, 1.165) is 25.7 Å². The molecule has 0 aromatic heterocycles. The molecule has 0 aromatic rings. The van der Waals surface area contributed by atoms with Gasteiger partial charge in [0.05, 0.1) is 11.5 Å². The minimum absolute atomic E-state index is 0.0965. The van der Waals surface area contributed by atoms with Crippen molar-refractivity contribution in [1.82, 2.24) is 5.32 Å². The first-order valence-electron chi connectivity index (χ1n) is 7.62. The van der Waals surface area contributed by atoms with Crippen LogP contribution in [-0.2, 0) is 9.59 Å². The van der Waals surface area contributed by atoms with Gasteiger partial charge in [-0.25, -0.2) is 0 Å². The van der Waals surface area contributed by atoms with E-state index in [1.54, 1.807) is 0 Å². The fourth-order valence-corrected chi connectivity index (χ4v) is 3.32. The highest BCUT2D eigenvalue weighted by Gasteiger charge is 2.36. The van der Waals surface area contributed by atoms with Gasteiger partial charge in [-0.05, 0) is 50.9 Å². The van der Waals surface area contributed by atoms with E-state index in [-0.39, 0.29) is 17.7 Å². The van der Waals surface area contributed by atoms with E-state index in [1.165, 1.54) is 0 Å². The molecule has 2 aliphatic carbocycles. The third kappa shape index (κ3) is 3.72. The van der Waals surface area contributed by atoms with E-state index in [2.05, 4.69) is 12.2 Å². The summed E-state index contributed by atoms with van der Waals surface area (Å²) < 4.78 is 0. The SMILES string of the molecule is CC1CCC(O)(CNC(=O)C2CCC(C(=O)O)C2)CC1. The zero-order chi connectivity index (χ0) is 14.8. The van der Waals surface area contributed by atoms with Crippen molar-refractivity contribution in [3.63, 3.8) is 0 Å². The number of rotatable bonds is 4. The van der Waals surface area contributed by atoms with Crippen LogP contribution in [0.2, 0.25) is 0 Å². The first-order chi connectivity index (χ1) is 9.39. The van der Waals surface area contributed by atoms with E-state index in [9.17, 15) is 14.7 Å². The molecule has 114 valence electrons. The van der Waals surface area contributed by atoms with Crippen LogP contribution in [0.3, 0.4) is 0 Å². The maximum atomic E-state index is 12.0. The van der Waals surface area contributed by atoms with Gasteiger partial charge in [0.25, 0.3) is 0 Å². The molecule has 0 aliphatic heterocycles. The van der Waals surface area contributed by atoms with Crippen molar-refractivity contribution >= 4 is 11.9 Å². The Hall–Kier alpha value is -1.10. The molecule has 0 heterocycles. The van der Waals surface area contributed by atoms with Gasteiger partial charge < -0.3 is 15.5 Å². The smallest absolute Gasteiger partial charge is 0.306 e. The van der Waals surface area contributed by atoms with Crippen LogP contribution in [0.25, 0.3) is 0 Å². The van der Waals surface area contributed by atoms with Gasteiger partial charge in [0.2, 0.25) is 5.91 Å². The van der Waals surface area contributed by atoms with Gasteiger partial charge in [-0.2, -0.15) is 0 Å². The monoisotopic (exact) mass is 283 g/mol. The second-order valence-electron chi connectivity index (χ2n) is 6.67. The summed E-state index contributed by atoms with van der Waals surface area (Å²) in [4.78, 5) is 22.9. The van der Waals surface area contributed by atoms with E-state index >= 15 is 0 Å². The minimum Gasteiger partial charge on any atom is -0.481 e. The number of carboxylic acids is 1. The molecule has 2 fully saturated rings. The lowest BCUT2D eigenvalue weighted by molar-refractivity contribution is -0.141. The molecule has 2 saturated carbocycles. The Morgan fingerprint density at radius 1 is 1.15 bits per heavy atom. The van der Waals surface area contributed by atoms with Gasteiger partial charge >= 0.3 is 5.97 Å². The third-order valence-electron chi connectivity index (χ3n) is 4.95. The number of carboxylic acid groups (broad SMARTS) is 1. The fraction of sp³-hybridized carbons (Fsp3) is 0.867. The van der Waals surface area contributed by atoms with Crippen LogP contribution in [0.5, 0.6) is 0 Å². The van der Waals surface area contributed by atoms with Crippen molar-refractivity contribution in [2.75, 3.05) is 6.54 Å². The second-order valence-corrected chi connectivity index (χ2v) is 6.67. The van der Waals surface area contributed by atoms with Crippen LogP contribution in [0, 0.1) is 17.8 Å². The zero-order valence-corrected chi connectivity index (χ0v) is 12.1. The van der Waals surface area contributed by atoms with E-state index in [1.807, 2.05) is 0 Å². The van der Waals surface area contributed by atoms with Crippen molar-refractivity contribution in [1.29, 1.82) is 0 Å². The topological polar surface area (TPSA) is 86.6 Å². The van der Waals surface area contributed by atoms with E-state index in [4.69, 9.17) is 5.11 Å². The molecule has 5 heteroatoms. The van der Waals surface area contributed by atoms with Crippen LogP contribution >= 0.6 is 0 Å². The van der Waals surface area contributed by atoms with Crippen molar-refractivity contribution in [2.24, 2.45) is 17.8 Å². The molecule has 0 saturated heterocycles. The highest BCUT2D eigenvalue weighted by molar-refractivity contribution is 5.80. The number of carbonyl (C=O) groups is 2. The zero-order valence-electron chi connectivity index (χ0n) is 12.1. The van der Waals surface area contributed by atoms with Gasteiger partial charge in [0.15, 0.2) is 0 Å². The molecular weight excluding hydrogens is 258 g/mol. The Bertz CT molecular complexity index is 374. The van der Waals surface area contributed by atoms with E-state index in [0.29, 0.717) is 31.7 Å². The lowest BCUT2D eigenvalue weighted by atomic mass is 9.79. The number of nitrogens with one attached hydrogen (secondary N) is 1. The van der Waals surface area contributed by atoms with Gasteiger partial charge in [-0.3, -0.25) is 9.59 Å². The van der Waals surface area contributed by atoms with Crippen LogP contribution in [-0.4, -0.2) is 34.2 Å². The average molecular weight is 283 g/mol. The van der Waals surface area contributed by atoms with Crippen LogP contribution < -0.4 is 5.32 Å². The molecule has 0 bridgehead atoms. The molecule has 0 radical (unpaired) electrons. The molecule has 2 atom stereocenters. The minimum atomic E-state index is -0.805. The standard InChI is InChI=1S/C15H25NO4/c1-10-4-6-15(20,7-5-10)9-16-13(17)11-2-3-12(8-11)14(18)19/h10-12,20H,2-9H2,1H3,(H,16,17)(H,18,19). The van der Waals surface area contributed by atoms with Crippen molar-refractivity contribution in [2.45, 2.75) is 57.5 Å². The summed E-state index contributed by atoms with van der Waals surface area (Å²) in [5, 5.41) is 22.2. The molecule has 0 aromatic carbocycles. The molecule has 5 nitrogen and oxygen atoms in total. The Morgan fingerprint density at radius 2 is 1.75 bits per heavy atom. The van der Waals surface area contributed by atoms with Gasteiger partial charge in [-0.1, -0.05) is 6.92 Å². The van der Waals surface area contributed by atoms with Crippen molar-refractivity contribution in [3.05, 3.63) is 0 Å². The number of aliphatic hydroxyl groups is 1. The summed E-state index contributed by atoms with van der Waals surface area (Å²) >= 11 is 0. The Balaban J connectivity index is 1.77. The van der Waals surface area contributed by atoms with Crippen LogP contribution in [0.1, 0.15) is 51.9 Å². The number of aliphatic carboxylic acids is 1. The quantitative estimate of drug-likeness (QED) is 0.730. The predicted molar refractivity (Wildman–Crippen MR) is 74.1 cm³/mol. The summed E-state index contributed by atoms with van der Waals surface area (Å²) in [7, 11) is 0. The number of hydrogen-bond donors (Lipinski definition) is 3. The predicted octanol–water partition coefficient (Wildman–Crippen LogP) is 1.54. The second kappa shape index (κ2) is 6.12. The molecule has 2 unspecified atom stereocenters. The summed E-state index contributed by atoms with van der Waals surface area (Å²) in [6.07, 6.45) is 5.10. The fourth-order valence-electron chi connectivity index (χ4n) is 3.32. The average Bonchev–Trinajstić information content (AvgIpc) is 2.90. The van der Waals surface area contributed by atoms with Crippen LogP contribution in [0.15, 0.2) is 0 Å². The van der Waals surface area contributed by atoms with Gasteiger partial charge in [-0.15, -0.1) is 0 Å². The van der Waals surface area contributed by atoms with Crippen molar-refractivity contribution in [3.8, 4) is 0 Å². The maximum absolute atomic E-state index is 12.0. The normalized spacial score (nSPS) is 37.6. The lowest BCUT2D eigenvalue weighted by Crippen LogP contribution is -2.46. The lowest BCUT2D eigenvalue weighted by Gasteiger charge is -2.35. The van der Waals surface area contributed by atoms with E-state index < -0.39 is 11.6 Å². The highest BCUT2D eigenvalue weighted by Crippen LogP contribution is 2.33. The van der Waals surface area contributed by atoms with Gasteiger partial charge in [0, 0.05) is 12.5 Å². The third-order valence-corrected chi connectivity index (χ3v) is 4.95. The largest absolute Gasteiger partial charge is 0.481 e. The number of carbonyl (C=O) groups excluding carboxylic acids is 1. The Kier molecular flexibility index (Phi) is 4.68. The maximum Gasteiger partial charge on any atom is 0.306 e. The molecular formula is C15H25NO4. The number of hydrogen-bond acceptors (Lipinski definition) is 3. The van der Waals surface area contributed by atoms with Gasteiger partial charge in [0.1, 0.15) is 0 Å². The first-order valence-corrected chi connectivity index (χ1v) is 7.62.